The molecule has 0 spiro atoms. The van der Waals surface area contributed by atoms with Crippen molar-refractivity contribution in [2.45, 2.75) is 38.9 Å². The highest BCUT2D eigenvalue weighted by molar-refractivity contribution is 6.55. The molecule has 78 valence electrons. The van der Waals surface area contributed by atoms with E-state index in [2.05, 4.69) is 6.58 Å². The minimum absolute atomic E-state index is 0.324. The molecule has 1 heterocycles. The van der Waals surface area contributed by atoms with Crippen molar-refractivity contribution in [2.24, 2.45) is 5.73 Å². The maximum atomic E-state index is 5.77. The van der Waals surface area contributed by atoms with Crippen molar-refractivity contribution in [2.75, 3.05) is 0 Å². The highest BCUT2D eigenvalue weighted by Gasteiger charge is 2.51. The molecule has 0 aromatic carbocycles. The SMILES string of the molecule is C=C/C(=C\N)B1OC(C)(C)C(C)(C)O1. The van der Waals surface area contributed by atoms with Gasteiger partial charge >= 0.3 is 7.12 Å². The van der Waals surface area contributed by atoms with Gasteiger partial charge in [0.25, 0.3) is 0 Å². The molecule has 1 aliphatic rings. The zero-order valence-corrected chi connectivity index (χ0v) is 9.33. The largest absolute Gasteiger partial charge is 0.496 e. The van der Waals surface area contributed by atoms with E-state index in [4.69, 9.17) is 15.0 Å². The molecule has 0 saturated carbocycles. The van der Waals surface area contributed by atoms with E-state index in [1.54, 1.807) is 6.08 Å². The van der Waals surface area contributed by atoms with E-state index in [-0.39, 0.29) is 11.2 Å². The molecule has 0 unspecified atom stereocenters. The highest BCUT2D eigenvalue weighted by atomic mass is 16.7. The van der Waals surface area contributed by atoms with Crippen LogP contribution in [0.2, 0.25) is 0 Å². The molecular weight excluding hydrogens is 177 g/mol. The van der Waals surface area contributed by atoms with Crippen LogP contribution >= 0.6 is 0 Å². The maximum Gasteiger partial charge on any atom is 0.496 e. The van der Waals surface area contributed by atoms with E-state index in [1.807, 2.05) is 27.7 Å². The van der Waals surface area contributed by atoms with E-state index in [0.29, 0.717) is 0 Å². The minimum atomic E-state index is -0.400. The van der Waals surface area contributed by atoms with Crippen LogP contribution in [-0.2, 0) is 9.31 Å². The van der Waals surface area contributed by atoms with Crippen LogP contribution in [0.15, 0.2) is 24.3 Å². The van der Waals surface area contributed by atoms with Gasteiger partial charge in [0.1, 0.15) is 0 Å². The zero-order valence-electron chi connectivity index (χ0n) is 9.33. The summed E-state index contributed by atoms with van der Waals surface area (Å²) in [5.74, 6) is 0. The normalized spacial score (nSPS) is 25.1. The molecule has 0 atom stereocenters. The lowest BCUT2D eigenvalue weighted by atomic mass is 9.79. The second-order valence-electron chi connectivity index (χ2n) is 4.46. The molecule has 14 heavy (non-hydrogen) atoms. The van der Waals surface area contributed by atoms with Gasteiger partial charge in [-0.2, -0.15) is 0 Å². The monoisotopic (exact) mass is 195 g/mol. The average Bonchev–Trinajstić information content (AvgIpc) is 2.23. The molecule has 0 aromatic heterocycles. The summed E-state index contributed by atoms with van der Waals surface area (Å²) in [6.45, 7) is 11.7. The predicted octanol–water partition coefficient (Wildman–Crippen LogP) is 1.65. The Morgan fingerprint density at radius 1 is 1.21 bits per heavy atom. The standard InChI is InChI=1S/C10H18BNO2/c1-6-8(7-12)11-13-9(2,3)10(4,5)14-11/h6-7H,1,12H2,2-5H3/b8-7+. The van der Waals surface area contributed by atoms with Crippen molar-refractivity contribution < 1.29 is 9.31 Å². The number of hydrogen-bond donors (Lipinski definition) is 1. The first kappa shape index (κ1) is 11.3. The Morgan fingerprint density at radius 3 is 1.93 bits per heavy atom. The first-order valence-electron chi connectivity index (χ1n) is 4.74. The van der Waals surface area contributed by atoms with Gasteiger partial charge in [-0.3, -0.25) is 0 Å². The Bertz CT molecular complexity index is 255. The Balaban J connectivity index is 2.88. The van der Waals surface area contributed by atoms with E-state index in [0.717, 1.165) is 5.47 Å². The third-order valence-electron chi connectivity index (χ3n) is 2.95. The summed E-state index contributed by atoms with van der Waals surface area (Å²) in [4.78, 5) is 0. The fraction of sp³-hybridized carbons (Fsp3) is 0.600. The fourth-order valence-electron chi connectivity index (χ4n) is 1.22. The lowest BCUT2D eigenvalue weighted by Crippen LogP contribution is -2.41. The average molecular weight is 195 g/mol. The molecule has 1 fully saturated rings. The highest BCUT2D eigenvalue weighted by Crippen LogP contribution is 2.38. The molecule has 1 saturated heterocycles. The van der Waals surface area contributed by atoms with Crippen LogP contribution in [0.3, 0.4) is 0 Å². The number of allylic oxidation sites excluding steroid dienone is 2. The van der Waals surface area contributed by atoms with E-state index >= 15 is 0 Å². The zero-order chi connectivity index (χ0) is 11.0. The molecule has 0 aliphatic carbocycles. The van der Waals surface area contributed by atoms with Crippen LogP contribution in [0, 0.1) is 0 Å². The molecule has 0 radical (unpaired) electrons. The van der Waals surface area contributed by atoms with E-state index in [9.17, 15) is 0 Å². The van der Waals surface area contributed by atoms with Crippen LogP contribution < -0.4 is 5.73 Å². The Hall–Kier alpha value is -0.735. The van der Waals surface area contributed by atoms with Gasteiger partial charge in [-0.25, -0.2) is 0 Å². The van der Waals surface area contributed by atoms with E-state index in [1.165, 1.54) is 6.20 Å². The van der Waals surface area contributed by atoms with Crippen LogP contribution in [0.4, 0.5) is 0 Å². The molecule has 0 bridgehead atoms. The second-order valence-corrected chi connectivity index (χ2v) is 4.46. The van der Waals surface area contributed by atoms with Crippen LogP contribution in [0.1, 0.15) is 27.7 Å². The maximum absolute atomic E-state index is 5.77. The van der Waals surface area contributed by atoms with Gasteiger partial charge in [0.05, 0.1) is 11.2 Å². The van der Waals surface area contributed by atoms with E-state index < -0.39 is 7.12 Å². The summed E-state index contributed by atoms with van der Waals surface area (Å²) in [5.41, 5.74) is 5.57. The number of rotatable bonds is 2. The number of nitrogens with two attached hydrogens (primary N) is 1. The summed E-state index contributed by atoms with van der Waals surface area (Å²) < 4.78 is 11.5. The quantitative estimate of drug-likeness (QED) is 0.538. The lowest BCUT2D eigenvalue weighted by Gasteiger charge is -2.32. The van der Waals surface area contributed by atoms with Gasteiger partial charge in [0, 0.05) is 0 Å². The molecule has 2 N–H and O–H groups in total. The smallest absolute Gasteiger partial charge is 0.405 e. The third kappa shape index (κ3) is 1.72. The number of hydrogen-bond acceptors (Lipinski definition) is 3. The van der Waals surface area contributed by atoms with Crippen molar-refractivity contribution in [3.63, 3.8) is 0 Å². The van der Waals surface area contributed by atoms with Gasteiger partial charge in [-0.15, -0.1) is 0 Å². The summed E-state index contributed by atoms with van der Waals surface area (Å²) in [6.07, 6.45) is 3.12. The molecule has 1 rings (SSSR count). The first-order valence-corrected chi connectivity index (χ1v) is 4.74. The summed E-state index contributed by atoms with van der Waals surface area (Å²) in [6, 6.07) is 0. The minimum Gasteiger partial charge on any atom is -0.405 e. The van der Waals surface area contributed by atoms with Gasteiger partial charge < -0.3 is 15.0 Å². The van der Waals surface area contributed by atoms with Gasteiger partial charge in [-0.05, 0) is 39.4 Å². The fourth-order valence-corrected chi connectivity index (χ4v) is 1.22. The molecule has 0 aromatic rings. The predicted molar refractivity (Wildman–Crippen MR) is 58.5 cm³/mol. The summed E-state index contributed by atoms with van der Waals surface area (Å²) in [5, 5.41) is 0. The molecule has 0 amide bonds. The van der Waals surface area contributed by atoms with Crippen LogP contribution in [0.5, 0.6) is 0 Å². The Morgan fingerprint density at radius 2 is 1.64 bits per heavy atom. The van der Waals surface area contributed by atoms with Gasteiger partial charge in [0.15, 0.2) is 0 Å². The second kappa shape index (κ2) is 3.44. The van der Waals surface area contributed by atoms with Crippen LogP contribution in [-0.4, -0.2) is 18.3 Å². The molecule has 4 heteroatoms. The van der Waals surface area contributed by atoms with Crippen molar-refractivity contribution >= 4 is 7.12 Å². The van der Waals surface area contributed by atoms with Crippen molar-refractivity contribution in [1.29, 1.82) is 0 Å². The van der Waals surface area contributed by atoms with Crippen LogP contribution in [0.25, 0.3) is 0 Å². The summed E-state index contributed by atoms with van der Waals surface area (Å²) in [7, 11) is -0.400. The van der Waals surface area contributed by atoms with Gasteiger partial charge in [0.2, 0.25) is 0 Å². The Labute approximate surface area is 86.1 Å². The lowest BCUT2D eigenvalue weighted by molar-refractivity contribution is 0.00578. The van der Waals surface area contributed by atoms with Crippen molar-refractivity contribution in [3.8, 4) is 0 Å². The van der Waals surface area contributed by atoms with Crippen molar-refractivity contribution in [1.82, 2.24) is 0 Å². The molecular formula is C10H18BNO2. The molecule has 3 nitrogen and oxygen atoms in total. The Kier molecular flexibility index (Phi) is 2.79. The first-order chi connectivity index (χ1) is 6.34. The van der Waals surface area contributed by atoms with Crippen molar-refractivity contribution in [3.05, 3.63) is 24.3 Å². The topological polar surface area (TPSA) is 44.5 Å². The third-order valence-corrected chi connectivity index (χ3v) is 2.95. The van der Waals surface area contributed by atoms with Gasteiger partial charge in [-0.1, -0.05) is 12.7 Å². The molecule has 1 aliphatic heterocycles. The summed E-state index contributed by atoms with van der Waals surface area (Å²) >= 11 is 0.